The molecule has 6 rings (SSSR count). The zero-order valence-electron chi connectivity index (χ0n) is 29.6. The van der Waals surface area contributed by atoms with E-state index in [1.54, 1.807) is 11.0 Å². The zero-order chi connectivity index (χ0) is 37.5. The number of nitrogens with zero attached hydrogens (tertiary/aromatic N) is 3. The highest BCUT2D eigenvalue weighted by atomic mass is 16.6. The van der Waals surface area contributed by atoms with Crippen LogP contribution < -0.4 is 9.47 Å². The third kappa shape index (κ3) is 9.06. The van der Waals surface area contributed by atoms with Crippen LogP contribution in [0, 0.1) is 0 Å². The van der Waals surface area contributed by atoms with Crippen LogP contribution in [0.5, 0.6) is 11.5 Å². The van der Waals surface area contributed by atoms with Gasteiger partial charge >= 0.3 is 18.0 Å². The van der Waals surface area contributed by atoms with Gasteiger partial charge in [-0.15, -0.1) is 0 Å². The number of carbonyl (C=O) groups is 3. The van der Waals surface area contributed by atoms with Gasteiger partial charge in [-0.2, -0.15) is 0 Å². The van der Waals surface area contributed by atoms with Gasteiger partial charge in [0.1, 0.15) is 23.7 Å². The van der Waals surface area contributed by atoms with Crippen molar-refractivity contribution in [2.45, 2.75) is 32.8 Å². The van der Waals surface area contributed by atoms with E-state index in [4.69, 9.17) is 14.2 Å². The highest BCUT2D eigenvalue weighted by molar-refractivity contribution is 6.04. The smallest absolute Gasteiger partial charge is 0.410 e. The van der Waals surface area contributed by atoms with Gasteiger partial charge in [-0.1, -0.05) is 36.4 Å². The summed E-state index contributed by atoms with van der Waals surface area (Å²) >= 11 is 0. The number of carbonyl (C=O) groups excluding carboxylic acids is 1. The van der Waals surface area contributed by atoms with E-state index in [0.29, 0.717) is 59.4 Å². The first kappa shape index (κ1) is 36.3. The first-order valence-corrected chi connectivity index (χ1v) is 17.1. The lowest BCUT2D eigenvalue weighted by Crippen LogP contribution is -2.40. The number of fused-ring (bicyclic) bond motifs is 2. The van der Waals surface area contributed by atoms with Crippen LogP contribution in [0.15, 0.2) is 109 Å². The summed E-state index contributed by atoms with van der Waals surface area (Å²) in [5.41, 5.74) is 4.49. The van der Waals surface area contributed by atoms with Crippen molar-refractivity contribution in [3.8, 4) is 33.8 Å². The number of rotatable bonds is 13. The summed E-state index contributed by atoms with van der Waals surface area (Å²) in [5.74, 6) is -0.714. The summed E-state index contributed by atoms with van der Waals surface area (Å²) in [6, 6.07) is 29.1. The number of hydrogen-bond acceptors (Lipinski definition) is 8. The molecule has 53 heavy (non-hydrogen) atoms. The molecule has 11 nitrogen and oxygen atoms in total. The molecule has 0 radical (unpaired) electrons. The largest absolute Gasteiger partial charge is 0.494 e. The fraction of sp³-hybridized carbons (Fsp3) is 0.214. The number of hydrogen-bond donors (Lipinski definition) is 2. The molecule has 0 saturated heterocycles. The van der Waals surface area contributed by atoms with Gasteiger partial charge in [0.05, 0.1) is 35.3 Å². The highest BCUT2D eigenvalue weighted by Gasteiger charge is 2.22. The summed E-state index contributed by atoms with van der Waals surface area (Å²) in [6.45, 7) is 6.76. The Balaban J connectivity index is 1.03. The highest BCUT2D eigenvalue weighted by Crippen LogP contribution is 2.29. The van der Waals surface area contributed by atoms with Crippen molar-refractivity contribution < 1.29 is 38.8 Å². The maximum atomic E-state index is 13.1. The quantitative estimate of drug-likeness (QED) is 0.111. The summed E-state index contributed by atoms with van der Waals surface area (Å²) in [7, 11) is 0. The van der Waals surface area contributed by atoms with Crippen molar-refractivity contribution in [3.63, 3.8) is 0 Å². The third-order valence-corrected chi connectivity index (χ3v) is 8.44. The van der Waals surface area contributed by atoms with E-state index in [1.807, 2.05) is 99.6 Å². The summed E-state index contributed by atoms with van der Waals surface area (Å²) in [6.07, 6.45) is 3.09. The molecule has 0 spiro atoms. The van der Waals surface area contributed by atoms with Crippen LogP contribution in [0.2, 0.25) is 0 Å². The van der Waals surface area contributed by atoms with Crippen molar-refractivity contribution in [2.24, 2.45) is 0 Å². The van der Waals surface area contributed by atoms with Crippen molar-refractivity contribution >= 4 is 39.8 Å². The lowest BCUT2D eigenvalue weighted by Gasteiger charge is -2.27. The van der Waals surface area contributed by atoms with Gasteiger partial charge < -0.3 is 29.3 Å². The maximum absolute atomic E-state index is 13.1. The molecule has 0 unspecified atom stereocenters. The first-order valence-electron chi connectivity index (χ1n) is 17.1. The van der Waals surface area contributed by atoms with Gasteiger partial charge in [0.2, 0.25) is 0 Å². The number of benzene rings is 4. The minimum atomic E-state index is -1.01. The van der Waals surface area contributed by atoms with Crippen LogP contribution in [-0.2, 0) is 4.74 Å². The van der Waals surface area contributed by atoms with Gasteiger partial charge in [-0.05, 0) is 110 Å². The fourth-order valence-electron chi connectivity index (χ4n) is 5.85. The molecule has 6 aromatic rings. The van der Waals surface area contributed by atoms with Crippen LogP contribution in [-0.4, -0.2) is 75.0 Å². The number of amides is 1. The standard InChI is InChI=1S/C42H39N3O8/c1-42(2,3)53-41(50)45(22-24-52-32-13-7-28(8-14-32)30-10-16-38-36(26-30)34(40(48)49)18-20-44-38)21-4-23-51-31-11-5-27(6-12-31)29-9-15-37-35(25-29)33(39(46)47)17-19-43-37/h5-20,25-26H,4,21-24H2,1-3H3,(H,46,47)(H,48,49). The molecule has 0 bridgehead atoms. The Bertz CT molecular complexity index is 2260. The normalized spacial score (nSPS) is 11.3. The van der Waals surface area contributed by atoms with Gasteiger partial charge in [0.15, 0.2) is 0 Å². The average molecular weight is 714 g/mol. The second-order valence-electron chi connectivity index (χ2n) is 13.4. The van der Waals surface area contributed by atoms with E-state index < -0.39 is 23.6 Å². The Morgan fingerprint density at radius 1 is 0.604 bits per heavy atom. The van der Waals surface area contributed by atoms with Gasteiger partial charge in [0.25, 0.3) is 0 Å². The van der Waals surface area contributed by atoms with Gasteiger partial charge in [-0.25, -0.2) is 14.4 Å². The van der Waals surface area contributed by atoms with Gasteiger partial charge in [-0.3, -0.25) is 9.97 Å². The first-order chi connectivity index (χ1) is 25.4. The second kappa shape index (κ2) is 15.8. The third-order valence-electron chi connectivity index (χ3n) is 8.44. The Labute approximate surface area is 306 Å². The number of carboxylic acid groups (broad SMARTS) is 2. The molecule has 11 heteroatoms. The molecule has 2 heterocycles. The van der Waals surface area contributed by atoms with Crippen molar-refractivity contribution in [1.82, 2.24) is 14.9 Å². The van der Waals surface area contributed by atoms with Crippen LogP contribution in [0.3, 0.4) is 0 Å². The van der Waals surface area contributed by atoms with E-state index in [2.05, 4.69) is 9.97 Å². The van der Waals surface area contributed by atoms with Crippen LogP contribution in [0.1, 0.15) is 47.9 Å². The number of ether oxygens (including phenoxy) is 3. The molecule has 270 valence electrons. The number of aromatic carboxylic acids is 2. The van der Waals surface area contributed by atoms with E-state index in [1.165, 1.54) is 24.5 Å². The van der Waals surface area contributed by atoms with Crippen LogP contribution >= 0.6 is 0 Å². The molecule has 2 N–H and O–H groups in total. The Hall–Kier alpha value is -6.49. The predicted molar refractivity (Wildman–Crippen MR) is 202 cm³/mol. The van der Waals surface area contributed by atoms with E-state index >= 15 is 0 Å². The molecule has 2 aromatic heterocycles. The molecule has 1 amide bonds. The Kier molecular flexibility index (Phi) is 10.8. The topological polar surface area (TPSA) is 148 Å². The molecule has 0 fully saturated rings. The maximum Gasteiger partial charge on any atom is 0.410 e. The fourth-order valence-corrected chi connectivity index (χ4v) is 5.85. The molecule has 4 aromatic carbocycles. The van der Waals surface area contributed by atoms with Crippen LogP contribution in [0.4, 0.5) is 4.79 Å². The second-order valence-corrected chi connectivity index (χ2v) is 13.4. The molecule has 0 aliphatic carbocycles. The number of carboxylic acids is 2. The molecular formula is C42H39N3O8. The SMILES string of the molecule is CC(C)(C)OC(=O)N(CCCOc1ccc(-c2ccc3nccc(C(=O)O)c3c2)cc1)CCOc1ccc(-c2ccc3nccc(C(=O)O)c3c2)cc1. The van der Waals surface area contributed by atoms with Crippen LogP contribution in [0.25, 0.3) is 44.1 Å². The van der Waals surface area contributed by atoms with Crippen molar-refractivity contribution in [3.05, 3.63) is 121 Å². The van der Waals surface area contributed by atoms with Gasteiger partial charge in [0, 0.05) is 29.7 Å². The molecule has 0 aliphatic rings. The number of aromatic nitrogens is 2. The molecule has 0 atom stereocenters. The zero-order valence-corrected chi connectivity index (χ0v) is 29.6. The predicted octanol–water partition coefficient (Wildman–Crippen LogP) is 8.60. The minimum Gasteiger partial charge on any atom is -0.494 e. The van der Waals surface area contributed by atoms with Crippen molar-refractivity contribution in [2.75, 3.05) is 26.3 Å². The lowest BCUT2D eigenvalue weighted by atomic mass is 10.0. The Morgan fingerprint density at radius 2 is 1.06 bits per heavy atom. The molecular weight excluding hydrogens is 674 g/mol. The summed E-state index contributed by atoms with van der Waals surface area (Å²) < 4.78 is 17.6. The lowest BCUT2D eigenvalue weighted by molar-refractivity contribution is 0.0217. The van der Waals surface area contributed by atoms with E-state index in [9.17, 15) is 24.6 Å². The van der Waals surface area contributed by atoms with E-state index in [0.717, 1.165) is 22.3 Å². The molecule has 0 saturated carbocycles. The Morgan fingerprint density at radius 3 is 1.51 bits per heavy atom. The number of pyridine rings is 2. The van der Waals surface area contributed by atoms with Crippen molar-refractivity contribution in [1.29, 1.82) is 0 Å². The minimum absolute atomic E-state index is 0.197. The summed E-state index contributed by atoms with van der Waals surface area (Å²) in [4.78, 5) is 46.6. The van der Waals surface area contributed by atoms with E-state index in [-0.39, 0.29) is 17.7 Å². The average Bonchev–Trinajstić information content (AvgIpc) is 3.14. The monoisotopic (exact) mass is 713 g/mol. The molecule has 0 aliphatic heterocycles. The summed E-state index contributed by atoms with van der Waals surface area (Å²) in [5, 5.41) is 20.3.